The molecule has 0 spiro atoms. The molecule has 0 amide bonds. The molecule has 1 aromatic heterocycles. The van der Waals surface area contributed by atoms with E-state index in [2.05, 4.69) is 4.98 Å². The van der Waals surface area contributed by atoms with Crippen LogP contribution in [0.3, 0.4) is 0 Å². The molecule has 0 saturated heterocycles. The monoisotopic (exact) mass is 312 g/mol. The number of aromatic nitrogens is 1. The predicted molar refractivity (Wildman–Crippen MR) is 73.3 cm³/mol. The van der Waals surface area contributed by atoms with E-state index in [0.717, 1.165) is 18.2 Å². The number of carbonyl (C=O) groups is 1. The number of benzene rings is 1. The van der Waals surface area contributed by atoms with Crippen LogP contribution in [-0.4, -0.2) is 21.0 Å². The molecule has 6 nitrogen and oxygen atoms in total. The Kier molecular flexibility index (Phi) is 3.87. The van der Waals surface area contributed by atoms with Gasteiger partial charge in [-0.1, -0.05) is 23.2 Å². The second-order valence-corrected chi connectivity index (χ2v) is 4.57. The number of nitro groups is 1. The summed E-state index contributed by atoms with van der Waals surface area (Å²) in [6.45, 7) is 0. The molecule has 1 N–H and O–H groups in total. The molecule has 20 heavy (non-hydrogen) atoms. The zero-order chi connectivity index (χ0) is 14.9. The van der Waals surface area contributed by atoms with E-state index in [0.29, 0.717) is 5.56 Å². The third-order valence-electron chi connectivity index (χ3n) is 2.52. The van der Waals surface area contributed by atoms with Crippen molar-refractivity contribution < 1.29 is 14.8 Å². The summed E-state index contributed by atoms with van der Waals surface area (Å²) in [5.41, 5.74) is 0.178. The minimum atomic E-state index is -1.21. The zero-order valence-corrected chi connectivity index (χ0v) is 11.2. The minimum absolute atomic E-state index is 0.0651. The molecule has 2 aromatic rings. The Bertz CT molecular complexity index is 698. The highest BCUT2D eigenvalue weighted by Crippen LogP contribution is 2.30. The minimum Gasteiger partial charge on any atom is -0.478 e. The second-order valence-electron chi connectivity index (χ2n) is 3.79. The van der Waals surface area contributed by atoms with Gasteiger partial charge in [0.05, 0.1) is 10.5 Å². The van der Waals surface area contributed by atoms with E-state index in [4.69, 9.17) is 28.3 Å². The first-order chi connectivity index (χ1) is 9.38. The molecule has 2 rings (SSSR count). The number of pyridine rings is 1. The number of carboxylic acid groups (broad SMARTS) is 1. The Labute approximate surface area is 122 Å². The van der Waals surface area contributed by atoms with Crippen LogP contribution < -0.4 is 0 Å². The highest BCUT2D eigenvalue weighted by atomic mass is 35.5. The fourth-order valence-corrected chi connectivity index (χ4v) is 2.15. The average Bonchev–Trinajstić information content (AvgIpc) is 2.36. The molecular formula is C12H6Cl2N2O4. The summed E-state index contributed by atoms with van der Waals surface area (Å²) in [4.78, 5) is 25.1. The highest BCUT2D eigenvalue weighted by Gasteiger charge is 2.17. The summed E-state index contributed by atoms with van der Waals surface area (Å²) >= 11 is 11.5. The lowest BCUT2D eigenvalue weighted by atomic mass is 10.00. The lowest BCUT2D eigenvalue weighted by Crippen LogP contribution is -2.01. The maximum absolute atomic E-state index is 11.2. The van der Waals surface area contributed by atoms with Gasteiger partial charge in [-0.05, 0) is 23.8 Å². The number of aromatic carboxylic acids is 1. The molecule has 1 aromatic carbocycles. The molecule has 102 valence electrons. The van der Waals surface area contributed by atoms with Crippen LogP contribution in [0.5, 0.6) is 0 Å². The van der Waals surface area contributed by atoms with Gasteiger partial charge in [-0.25, -0.2) is 9.78 Å². The van der Waals surface area contributed by atoms with Gasteiger partial charge in [-0.3, -0.25) is 10.1 Å². The number of hydrogen-bond donors (Lipinski definition) is 1. The standard InChI is InChI=1S/C12H6Cl2N2O4/c13-10-3-6(4-11(14)15-10)9-5-7(16(19)20)1-2-8(9)12(17)18/h1-5H,(H,17,18). The van der Waals surface area contributed by atoms with E-state index in [1.807, 2.05) is 0 Å². The Morgan fingerprint density at radius 2 is 1.80 bits per heavy atom. The van der Waals surface area contributed by atoms with Gasteiger partial charge in [-0.2, -0.15) is 0 Å². The smallest absolute Gasteiger partial charge is 0.336 e. The van der Waals surface area contributed by atoms with Crippen LogP contribution in [-0.2, 0) is 0 Å². The summed E-state index contributed by atoms with van der Waals surface area (Å²) in [6.07, 6.45) is 0. The van der Waals surface area contributed by atoms with Crippen LogP contribution in [0.2, 0.25) is 10.3 Å². The van der Waals surface area contributed by atoms with E-state index in [1.54, 1.807) is 0 Å². The molecule has 0 aliphatic carbocycles. The average molecular weight is 313 g/mol. The number of hydrogen-bond acceptors (Lipinski definition) is 4. The van der Waals surface area contributed by atoms with Crippen molar-refractivity contribution in [3.05, 3.63) is 56.3 Å². The van der Waals surface area contributed by atoms with E-state index in [-0.39, 0.29) is 27.1 Å². The van der Waals surface area contributed by atoms with Gasteiger partial charge in [0.15, 0.2) is 0 Å². The van der Waals surface area contributed by atoms with Crippen molar-refractivity contribution in [2.45, 2.75) is 0 Å². The molecule has 8 heteroatoms. The topological polar surface area (TPSA) is 93.3 Å². The molecule has 1 heterocycles. The maximum atomic E-state index is 11.2. The van der Waals surface area contributed by atoms with Crippen molar-refractivity contribution in [2.24, 2.45) is 0 Å². The first-order valence-corrected chi connectivity index (χ1v) is 5.99. The second kappa shape index (κ2) is 5.44. The molecule has 0 bridgehead atoms. The Morgan fingerprint density at radius 3 is 2.30 bits per heavy atom. The van der Waals surface area contributed by atoms with Crippen LogP contribution in [0.1, 0.15) is 10.4 Å². The Balaban J connectivity index is 2.71. The number of halogens is 2. The molecular weight excluding hydrogens is 307 g/mol. The van der Waals surface area contributed by atoms with Crippen molar-refractivity contribution in [2.75, 3.05) is 0 Å². The normalized spacial score (nSPS) is 10.3. The first-order valence-electron chi connectivity index (χ1n) is 5.23. The largest absolute Gasteiger partial charge is 0.478 e. The maximum Gasteiger partial charge on any atom is 0.336 e. The molecule has 0 fully saturated rings. The summed E-state index contributed by atoms with van der Waals surface area (Å²) in [5, 5.41) is 20.1. The molecule has 0 radical (unpaired) electrons. The number of non-ortho nitro benzene ring substituents is 1. The van der Waals surface area contributed by atoms with Crippen LogP contribution in [0.15, 0.2) is 30.3 Å². The Morgan fingerprint density at radius 1 is 1.20 bits per heavy atom. The third kappa shape index (κ3) is 2.87. The number of rotatable bonds is 3. The molecule has 0 aliphatic heterocycles. The van der Waals surface area contributed by atoms with Gasteiger partial charge in [-0.15, -0.1) is 0 Å². The number of carboxylic acids is 1. The molecule has 0 atom stereocenters. The summed E-state index contributed by atoms with van der Waals surface area (Å²) < 4.78 is 0. The van der Waals surface area contributed by atoms with Gasteiger partial charge in [0.2, 0.25) is 0 Å². The summed E-state index contributed by atoms with van der Waals surface area (Å²) in [5.74, 6) is -1.21. The van der Waals surface area contributed by atoms with Gasteiger partial charge in [0.1, 0.15) is 10.3 Å². The van der Waals surface area contributed by atoms with Crippen LogP contribution in [0.25, 0.3) is 11.1 Å². The van der Waals surface area contributed by atoms with Crippen molar-refractivity contribution >= 4 is 34.9 Å². The van der Waals surface area contributed by atoms with Crippen molar-refractivity contribution in [1.82, 2.24) is 4.98 Å². The SMILES string of the molecule is O=C(O)c1ccc([N+](=O)[O-])cc1-c1cc(Cl)nc(Cl)c1. The number of nitrogens with zero attached hydrogens (tertiary/aromatic N) is 2. The van der Waals surface area contributed by atoms with Gasteiger partial charge >= 0.3 is 5.97 Å². The number of nitro benzene ring substituents is 1. The van der Waals surface area contributed by atoms with E-state index >= 15 is 0 Å². The highest BCUT2D eigenvalue weighted by molar-refractivity contribution is 6.32. The van der Waals surface area contributed by atoms with E-state index < -0.39 is 10.9 Å². The van der Waals surface area contributed by atoms with Gasteiger partial charge < -0.3 is 5.11 Å². The summed E-state index contributed by atoms with van der Waals surface area (Å²) in [7, 11) is 0. The Hall–Kier alpha value is -2.18. The quantitative estimate of drug-likeness (QED) is 0.530. The van der Waals surface area contributed by atoms with E-state index in [1.165, 1.54) is 12.1 Å². The van der Waals surface area contributed by atoms with Crippen LogP contribution in [0, 0.1) is 10.1 Å². The molecule has 0 unspecified atom stereocenters. The van der Waals surface area contributed by atoms with Gasteiger partial charge in [0, 0.05) is 17.7 Å². The van der Waals surface area contributed by atoms with Gasteiger partial charge in [0.25, 0.3) is 5.69 Å². The molecule has 0 aliphatic rings. The molecule has 0 saturated carbocycles. The lowest BCUT2D eigenvalue weighted by Gasteiger charge is -2.07. The van der Waals surface area contributed by atoms with Crippen molar-refractivity contribution in [1.29, 1.82) is 0 Å². The fraction of sp³-hybridized carbons (Fsp3) is 0. The van der Waals surface area contributed by atoms with Crippen LogP contribution in [0.4, 0.5) is 5.69 Å². The first kappa shape index (κ1) is 14.2. The van der Waals surface area contributed by atoms with Crippen molar-refractivity contribution in [3.8, 4) is 11.1 Å². The van der Waals surface area contributed by atoms with Crippen LogP contribution >= 0.6 is 23.2 Å². The zero-order valence-electron chi connectivity index (χ0n) is 9.71. The predicted octanol–water partition coefficient (Wildman–Crippen LogP) is 3.66. The summed E-state index contributed by atoms with van der Waals surface area (Å²) in [6, 6.07) is 6.22. The lowest BCUT2D eigenvalue weighted by molar-refractivity contribution is -0.384. The van der Waals surface area contributed by atoms with Crippen molar-refractivity contribution in [3.63, 3.8) is 0 Å². The third-order valence-corrected chi connectivity index (χ3v) is 2.91. The van der Waals surface area contributed by atoms with E-state index in [9.17, 15) is 14.9 Å². The fourth-order valence-electron chi connectivity index (χ4n) is 1.69.